The van der Waals surface area contributed by atoms with Gasteiger partial charge in [0, 0.05) is 31.1 Å². The van der Waals surface area contributed by atoms with Crippen molar-refractivity contribution in [1.29, 1.82) is 0 Å². The van der Waals surface area contributed by atoms with E-state index >= 15 is 0 Å². The molecule has 0 saturated carbocycles. The molecule has 148 valence electrons. The lowest BCUT2D eigenvalue weighted by Gasteiger charge is -2.16. The highest BCUT2D eigenvalue weighted by Crippen LogP contribution is 2.31. The summed E-state index contributed by atoms with van der Waals surface area (Å²) < 4.78 is 7.32. The molecule has 0 atom stereocenters. The maximum Gasteiger partial charge on any atom is 0.255 e. The molecule has 1 aliphatic heterocycles. The summed E-state index contributed by atoms with van der Waals surface area (Å²) in [6, 6.07) is 9.32. The topological polar surface area (TPSA) is 73.2 Å². The first-order chi connectivity index (χ1) is 13.9. The predicted octanol–water partition coefficient (Wildman–Crippen LogP) is 2.78. The molecule has 4 rings (SSSR count). The SMILES string of the molecule is Cc1c(Cc2ccc(-c3ccn(C)c(=O)c3)nc2)cc2c(c1C)OCCNC2=O. The molecule has 1 amide bonds. The molecule has 29 heavy (non-hydrogen) atoms. The third-order valence-electron chi connectivity index (χ3n) is 5.45. The standard InChI is InChI=1S/C23H23N3O3/c1-14-15(2)22-19(23(28)24-7-9-29-22)11-18(14)10-16-4-5-20(25-13-16)17-6-8-26(3)21(27)12-17/h4-6,8,11-13H,7,9-10H2,1-3H3,(H,24,28). The van der Waals surface area contributed by atoms with Crippen LogP contribution in [-0.4, -0.2) is 28.6 Å². The van der Waals surface area contributed by atoms with Crippen LogP contribution in [0, 0.1) is 13.8 Å². The van der Waals surface area contributed by atoms with Gasteiger partial charge in [0.05, 0.1) is 17.8 Å². The molecule has 0 spiro atoms. The molecular weight excluding hydrogens is 366 g/mol. The second kappa shape index (κ2) is 7.54. The average Bonchev–Trinajstić information content (AvgIpc) is 2.90. The van der Waals surface area contributed by atoms with E-state index in [0.29, 0.717) is 30.9 Å². The van der Waals surface area contributed by atoms with Gasteiger partial charge in [0.2, 0.25) is 0 Å². The van der Waals surface area contributed by atoms with Crippen LogP contribution in [0.5, 0.6) is 5.75 Å². The monoisotopic (exact) mass is 389 g/mol. The lowest BCUT2D eigenvalue weighted by atomic mass is 9.93. The van der Waals surface area contributed by atoms with Gasteiger partial charge in [0.1, 0.15) is 12.4 Å². The summed E-state index contributed by atoms with van der Waals surface area (Å²) in [7, 11) is 1.72. The van der Waals surface area contributed by atoms with Gasteiger partial charge in [0.25, 0.3) is 11.5 Å². The van der Waals surface area contributed by atoms with Crippen molar-refractivity contribution >= 4 is 5.91 Å². The summed E-state index contributed by atoms with van der Waals surface area (Å²) in [6.07, 6.45) is 4.23. The summed E-state index contributed by atoms with van der Waals surface area (Å²) in [5.74, 6) is 0.585. The van der Waals surface area contributed by atoms with E-state index in [0.717, 1.165) is 33.5 Å². The van der Waals surface area contributed by atoms with E-state index in [2.05, 4.69) is 17.2 Å². The van der Waals surface area contributed by atoms with Gasteiger partial charge >= 0.3 is 0 Å². The van der Waals surface area contributed by atoms with Gasteiger partial charge in [-0.3, -0.25) is 14.6 Å². The van der Waals surface area contributed by atoms with Crippen molar-refractivity contribution in [2.75, 3.05) is 13.2 Å². The number of rotatable bonds is 3. The van der Waals surface area contributed by atoms with E-state index in [-0.39, 0.29) is 11.5 Å². The summed E-state index contributed by atoms with van der Waals surface area (Å²) in [5.41, 5.74) is 6.31. The molecule has 1 aromatic carbocycles. The lowest BCUT2D eigenvalue weighted by molar-refractivity contribution is 0.0957. The Kier molecular flexibility index (Phi) is 4.92. The van der Waals surface area contributed by atoms with Crippen LogP contribution in [0.2, 0.25) is 0 Å². The van der Waals surface area contributed by atoms with E-state index in [1.807, 2.05) is 37.4 Å². The van der Waals surface area contributed by atoms with Crippen LogP contribution in [0.15, 0.2) is 47.5 Å². The lowest BCUT2D eigenvalue weighted by Crippen LogP contribution is -2.24. The van der Waals surface area contributed by atoms with Crippen molar-refractivity contribution in [2.24, 2.45) is 7.05 Å². The molecule has 0 saturated heterocycles. The molecule has 0 radical (unpaired) electrons. The molecule has 6 nitrogen and oxygen atoms in total. The predicted molar refractivity (Wildman–Crippen MR) is 111 cm³/mol. The van der Waals surface area contributed by atoms with Crippen molar-refractivity contribution in [3.05, 3.63) is 80.9 Å². The highest BCUT2D eigenvalue weighted by molar-refractivity contribution is 5.98. The molecular formula is C23H23N3O3. The molecule has 2 aromatic heterocycles. The van der Waals surface area contributed by atoms with Crippen LogP contribution in [0.25, 0.3) is 11.3 Å². The number of fused-ring (bicyclic) bond motifs is 1. The molecule has 0 unspecified atom stereocenters. The zero-order valence-corrected chi connectivity index (χ0v) is 16.8. The van der Waals surface area contributed by atoms with Crippen molar-refractivity contribution in [1.82, 2.24) is 14.9 Å². The third kappa shape index (κ3) is 3.66. The van der Waals surface area contributed by atoms with Crippen LogP contribution in [-0.2, 0) is 13.5 Å². The van der Waals surface area contributed by atoms with Gasteiger partial charge in [-0.15, -0.1) is 0 Å². The fourth-order valence-electron chi connectivity index (χ4n) is 3.54. The summed E-state index contributed by atoms with van der Waals surface area (Å²) >= 11 is 0. The Balaban J connectivity index is 1.64. The van der Waals surface area contributed by atoms with Gasteiger partial charge in [-0.2, -0.15) is 0 Å². The van der Waals surface area contributed by atoms with E-state index in [4.69, 9.17) is 4.74 Å². The first-order valence-electron chi connectivity index (χ1n) is 9.60. The summed E-state index contributed by atoms with van der Waals surface area (Å²) in [5, 5.41) is 2.87. The number of hydrogen-bond acceptors (Lipinski definition) is 4. The zero-order chi connectivity index (χ0) is 20.5. The quantitative estimate of drug-likeness (QED) is 0.748. The Hall–Kier alpha value is -3.41. The van der Waals surface area contributed by atoms with Gasteiger partial charge < -0.3 is 14.6 Å². The van der Waals surface area contributed by atoms with Crippen molar-refractivity contribution < 1.29 is 9.53 Å². The van der Waals surface area contributed by atoms with E-state index in [9.17, 15) is 9.59 Å². The number of aromatic nitrogens is 2. The van der Waals surface area contributed by atoms with Gasteiger partial charge in [0.15, 0.2) is 0 Å². The minimum absolute atomic E-state index is 0.0649. The minimum Gasteiger partial charge on any atom is -0.491 e. The molecule has 1 N–H and O–H groups in total. The number of nitrogens with zero attached hydrogens (tertiary/aromatic N) is 2. The molecule has 6 heteroatoms. The summed E-state index contributed by atoms with van der Waals surface area (Å²) in [4.78, 5) is 28.8. The second-order valence-corrected chi connectivity index (χ2v) is 7.36. The molecule has 3 heterocycles. The van der Waals surface area contributed by atoms with E-state index < -0.39 is 0 Å². The number of aryl methyl sites for hydroxylation is 1. The number of carbonyl (C=O) groups excluding carboxylic acids is 1. The van der Waals surface area contributed by atoms with E-state index in [1.165, 1.54) is 4.57 Å². The first kappa shape index (κ1) is 18.9. The fraction of sp³-hybridized carbons (Fsp3) is 0.261. The van der Waals surface area contributed by atoms with Gasteiger partial charge in [-0.1, -0.05) is 6.07 Å². The second-order valence-electron chi connectivity index (χ2n) is 7.36. The normalized spacial score (nSPS) is 13.3. The summed E-state index contributed by atoms with van der Waals surface area (Å²) in [6.45, 7) is 5.04. The average molecular weight is 389 g/mol. The molecule has 3 aromatic rings. The van der Waals surface area contributed by atoms with E-state index in [1.54, 1.807) is 19.3 Å². The number of amides is 1. The first-order valence-corrected chi connectivity index (χ1v) is 9.60. The number of benzene rings is 1. The maximum atomic E-state index is 12.4. The number of carbonyl (C=O) groups is 1. The highest BCUT2D eigenvalue weighted by Gasteiger charge is 2.21. The van der Waals surface area contributed by atoms with Crippen molar-refractivity contribution in [3.8, 4) is 17.0 Å². The Labute approximate surface area is 169 Å². The third-order valence-corrected chi connectivity index (χ3v) is 5.45. The molecule has 0 fully saturated rings. The van der Waals surface area contributed by atoms with Crippen molar-refractivity contribution in [2.45, 2.75) is 20.3 Å². The zero-order valence-electron chi connectivity index (χ0n) is 16.8. The van der Waals surface area contributed by atoms with Crippen LogP contribution in [0.3, 0.4) is 0 Å². The minimum atomic E-state index is -0.0963. The molecule has 0 aliphatic carbocycles. The van der Waals surface area contributed by atoms with Crippen LogP contribution < -0.4 is 15.6 Å². The highest BCUT2D eigenvalue weighted by atomic mass is 16.5. The Morgan fingerprint density at radius 3 is 2.69 bits per heavy atom. The number of hydrogen-bond donors (Lipinski definition) is 1. The number of nitrogens with one attached hydrogen (secondary N) is 1. The van der Waals surface area contributed by atoms with Crippen molar-refractivity contribution in [3.63, 3.8) is 0 Å². The Bertz CT molecular complexity index is 1150. The smallest absolute Gasteiger partial charge is 0.255 e. The number of ether oxygens (including phenoxy) is 1. The van der Waals surface area contributed by atoms with Gasteiger partial charge in [-0.05, 0) is 60.7 Å². The largest absolute Gasteiger partial charge is 0.491 e. The van der Waals surface area contributed by atoms with Crippen LogP contribution in [0.1, 0.15) is 32.6 Å². The molecule has 0 bridgehead atoms. The molecule has 1 aliphatic rings. The Morgan fingerprint density at radius 2 is 1.97 bits per heavy atom. The number of pyridine rings is 2. The van der Waals surface area contributed by atoms with Crippen LogP contribution in [0.4, 0.5) is 0 Å². The Morgan fingerprint density at radius 1 is 1.14 bits per heavy atom. The maximum absolute atomic E-state index is 12.4. The van der Waals surface area contributed by atoms with Crippen LogP contribution >= 0.6 is 0 Å². The fourth-order valence-corrected chi connectivity index (χ4v) is 3.54. The van der Waals surface area contributed by atoms with Gasteiger partial charge in [-0.25, -0.2) is 0 Å².